The number of nitrogens with zero attached hydrogens (tertiary/aromatic N) is 2. The van der Waals surface area contributed by atoms with E-state index in [4.69, 9.17) is 11.6 Å². The number of halogens is 1. The fourth-order valence-electron chi connectivity index (χ4n) is 0.652. The lowest BCUT2D eigenvalue weighted by molar-refractivity contribution is -0.128. The molecule has 9 heavy (non-hydrogen) atoms. The van der Waals surface area contributed by atoms with Crippen LogP contribution in [0.2, 0.25) is 0 Å². The summed E-state index contributed by atoms with van der Waals surface area (Å²) < 4.78 is 0. The Morgan fingerprint density at radius 2 is 2.67 bits per heavy atom. The monoisotopic (exact) mass is 146 g/mol. The van der Waals surface area contributed by atoms with Crippen LogP contribution in [-0.4, -0.2) is 29.6 Å². The number of hydrogen-bond donors (Lipinski definition) is 0. The molecular weight excluding hydrogens is 140 g/mol. The van der Waals surface area contributed by atoms with E-state index in [1.165, 1.54) is 5.01 Å². The van der Waals surface area contributed by atoms with Gasteiger partial charge in [0, 0.05) is 19.2 Å². The second kappa shape index (κ2) is 2.82. The fraction of sp³-hybridized carbons (Fsp3) is 0.600. The Hall–Kier alpha value is -0.570. The summed E-state index contributed by atoms with van der Waals surface area (Å²) in [4.78, 5) is 10.7. The van der Waals surface area contributed by atoms with E-state index in [-0.39, 0.29) is 11.8 Å². The zero-order chi connectivity index (χ0) is 6.69. The molecule has 1 aliphatic heterocycles. The van der Waals surface area contributed by atoms with Gasteiger partial charge in [-0.05, 0) is 0 Å². The lowest BCUT2D eigenvalue weighted by Crippen LogP contribution is -2.24. The Bertz CT molecular complexity index is 146. The van der Waals surface area contributed by atoms with Gasteiger partial charge in [-0.3, -0.25) is 4.79 Å². The summed E-state index contributed by atoms with van der Waals surface area (Å²) in [5.74, 6) is -0.0948. The third-order valence-electron chi connectivity index (χ3n) is 1.09. The molecule has 0 bridgehead atoms. The molecule has 1 amide bonds. The molecule has 3 nitrogen and oxygen atoms in total. The zero-order valence-electron chi connectivity index (χ0n) is 4.88. The molecule has 50 valence electrons. The summed E-state index contributed by atoms with van der Waals surface area (Å²) in [6.45, 7) is 0.686. The average molecular weight is 147 g/mol. The van der Waals surface area contributed by atoms with Crippen molar-refractivity contribution in [1.82, 2.24) is 5.01 Å². The van der Waals surface area contributed by atoms with Gasteiger partial charge in [0.1, 0.15) is 5.88 Å². The summed E-state index contributed by atoms with van der Waals surface area (Å²) in [6, 6.07) is 0. The molecule has 0 aliphatic carbocycles. The van der Waals surface area contributed by atoms with Crippen molar-refractivity contribution in [3.8, 4) is 0 Å². The van der Waals surface area contributed by atoms with E-state index in [1.54, 1.807) is 6.21 Å². The predicted molar refractivity (Wildman–Crippen MR) is 35.5 cm³/mol. The minimum Gasteiger partial charge on any atom is -0.272 e. The molecule has 0 aromatic heterocycles. The van der Waals surface area contributed by atoms with Crippen molar-refractivity contribution in [2.45, 2.75) is 6.42 Å². The third kappa shape index (κ3) is 1.42. The van der Waals surface area contributed by atoms with Gasteiger partial charge < -0.3 is 0 Å². The van der Waals surface area contributed by atoms with Gasteiger partial charge in [0.05, 0.1) is 0 Å². The molecule has 1 aliphatic rings. The highest BCUT2D eigenvalue weighted by Crippen LogP contribution is 2.00. The molecule has 0 unspecified atom stereocenters. The lowest BCUT2D eigenvalue weighted by atomic mass is 10.5. The van der Waals surface area contributed by atoms with Crippen LogP contribution in [0.5, 0.6) is 0 Å². The van der Waals surface area contributed by atoms with Crippen molar-refractivity contribution >= 4 is 23.7 Å². The quantitative estimate of drug-likeness (QED) is 0.495. The molecule has 0 aromatic carbocycles. The third-order valence-corrected chi connectivity index (χ3v) is 1.32. The second-order valence-corrected chi connectivity index (χ2v) is 2.00. The van der Waals surface area contributed by atoms with Crippen molar-refractivity contribution in [1.29, 1.82) is 0 Å². The van der Waals surface area contributed by atoms with Gasteiger partial charge in [-0.1, -0.05) is 0 Å². The molecule has 0 fully saturated rings. The zero-order valence-corrected chi connectivity index (χ0v) is 5.64. The minimum absolute atomic E-state index is 0.0251. The van der Waals surface area contributed by atoms with E-state index >= 15 is 0 Å². The Labute approximate surface area is 58.3 Å². The van der Waals surface area contributed by atoms with Crippen LogP contribution < -0.4 is 0 Å². The first-order valence-corrected chi connectivity index (χ1v) is 3.27. The molecule has 0 radical (unpaired) electrons. The van der Waals surface area contributed by atoms with Crippen LogP contribution in [0, 0.1) is 0 Å². The highest BCUT2D eigenvalue weighted by molar-refractivity contribution is 6.27. The largest absolute Gasteiger partial charge is 0.272 e. The molecular formula is C5H7ClN2O. The molecule has 0 saturated carbocycles. The smallest absolute Gasteiger partial charge is 0.257 e. The lowest BCUT2D eigenvalue weighted by Gasteiger charge is -2.07. The van der Waals surface area contributed by atoms with Gasteiger partial charge in [0.25, 0.3) is 5.91 Å². The van der Waals surface area contributed by atoms with E-state index < -0.39 is 0 Å². The van der Waals surface area contributed by atoms with E-state index in [0.717, 1.165) is 6.42 Å². The van der Waals surface area contributed by atoms with Crippen LogP contribution in [0.25, 0.3) is 0 Å². The number of hydrazone groups is 1. The summed E-state index contributed by atoms with van der Waals surface area (Å²) in [5, 5.41) is 5.16. The normalized spacial score (nSPS) is 16.8. The van der Waals surface area contributed by atoms with Gasteiger partial charge >= 0.3 is 0 Å². The summed E-state index contributed by atoms with van der Waals surface area (Å²) in [5.41, 5.74) is 0. The van der Waals surface area contributed by atoms with Crippen molar-refractivity contribution in [3.05, 3.63) is 0 Å². The second-order valence-electron chi connectivity index (χ2n) is 1.74. The van der Waals surface area contributed by atoms with Gasteiger partial charge in [0.15, 0.2) is 0 Å². The SMILES string of the molecule is O=C(CCl)N1CCC=N1. The fourth-order valence-corrected chi connectivity index (χ4v) is 0.790. The van der Waals surface area contributed by atoms with Crippen molar-refractivity contribution in [3.63, 3.8) is 0 Å². The van der Waals surface area contributed by atoms with Crippen LogP contribution in [0.1, 0.15) is 6.42 Å². The highest BCUT2D eigenvalue weighted by Gasteiger charge is 2.12. The van der Waals surface area contributed by atoms with Gasteiger partial charge in [-0.25, -0.2) is 5.01 Å². The molecule has 1 heterocycles. The minimum atomic E-state index is -0.120. The van der Waals surface area contributed by atoms with Crippen LogP contribution >= 0.6 is 11.6 Å². The molecule has 0 spiro atoms. The Kier molecular flexibility index (Phi) is 2.05. The standard InChI is InChI=1S/C5H7ClN2O/c6-4-5(9)8-3-1-2-7-8/h2H,1,3-4H2. The number of amides is 1. The average Bonchev–Trinajstić information content (AvgIpc) is 2.37. The topological polar surface area (TPSA) is 32.7 Å². The van der Waals surface area contributed by atoms with Crippen molar-refractivity contribution in [2.24, 2.45) is 5.10 Å². The molecule has 0 atom stereocenters. The molecule has 0 N–H and O–H groups in total. The van der Waals surface area contributed by atoms with Crippen LogP contribution in [0.3, 0.4) is 0 Å². The first-order chi connectivity index (χ1) is 4.34. The van der Waals surface area contributed by atoms with Crippen molar-refractivity contribution in [2.75, 3.05) is 12.4 Å². The Morgan fingerprint density at radius 1 is 1.89 bits per heavy atom. The molecule has 0 saturated heterocycles. The van der Waals surface area contributed by atoms with Gasteiger partial charge in [-0.2, -0.15) is 5.10 Å². The van der Waals surface area contributed by atoms with Gasteiger partial charge in [-0.15, -0.1) is 11.6 Å². The van der Waals surface area contributed by atoms with Crippen LogP contribution in [0.4, 0.5) is 0 Å². The first-order valence-electron chi connectivity index (χ1n) is 2.73. The van der Waals surface area contributed by atoms with Crippen molar-refractivity contribution < 1.29 is 4.79 Å². The van der Waals surface area contributed by atoms with E-state index in [2.05, 4.69) is 5.10 Å². The Balaban J connectivity index is 2.43. The van der Waals surface area contributed by atoms with Gasteiger partial charge in [0.2, 0.25) is 0 Å². The summed E-state index contributed by atoms with van der Waals surface area (Å²) in [7, 11) is 0. The number of alkyl halides is 1. The Morgan fingerprint density at radius 3 is 3.11 bits per heavy atom. The number of rotatable bonds is 1. The first kappa shape index (κ1) is 6.55. The maximum absolute atomic E-state index is 10.7. The van der Waals surface area contributed by atoms with E-state index in [9.17, 15) is 4.79 Å². The maximum Gasteiger partial charge on any atom is 0.257 e. The van der Waals surface area contributed by atoms with Crippen LogP contribution in [-0.2, 0) is 4.79 Å². The molecule has 4 heteroatoms. The number of carbonyl (C=O) groups is 1. The van der Waals surface area contributed by atoms with E-state index in [1.807, 2.05) is 0 Å². The number of hydrogen-bond acceptors (Lipinski definition) is 2. The maximum atomic E-state index is 10.7. The van der Waals surface area contributed by atoms with E-state index in [0.29, 0.717) is 6.54 Å². The number of carbonyl (C=O) groups excluding carboxylic acids is 1. The van der Waals surface area contributed by atoms with Crippen LogP contribution in [0.15, 0.2) is 5.10 Å². The predicted octanol–water partition coefficient (Wildman–Crippen LogP) is 0.443. The summed E-state index contributed by atoms with van der Waals surface area (Å²) >= 11 is 5.27. The molecule has 1 rings (SSSR count). The molecule has 0 aromatic rings. The summed E-state index contributed by atoms with van der Waals surface area (Å²) in [6.07, 6.45) is 2.56. The highest BCUT2D eigenvalue weighted by atomic mass is 35.5.